The molecule has 0 aliphatic carbocycles. The smallest absolute Gasteiger partial charge is 0.228 e. The number of hydrogen-bond acceptors (Lipinski definition) is 4. The van der Waals surface area contributed by atoms with Crippen molar-refractivity contribution in [1.82, 2.24) is 4.98 Å². The van der Waals surface area contributed by atoms with Gasteiger partial charge in [0, 0.05) is 48.9 Å². The molecule has 3 heterocycles. The maximum absolute atomic E-state index is 13.5. The summed E-state index contributed by atoms with van der Waals surface area (Å²) in [4.78, 5) is 18.3. The standard InChI is InChI=1S/C28H17BrClNO3/c1-15-2-8-23-22(10-15)26-18(14-33-23)11-17(13-31-26)25-21-12-19(29)5-9-24(21)34-28(25)27(32)16-3-6-20(30)7-4-16/h2-13H,14H2,1H3. The Bertz CT molecular complexity index is 1600. The minimum Gasteiger partial charge on any atom is -0.488 e. The maximum atomic E-state index is 13.5. The summed E-state index contributed by atoms with van der Waals surface area (Å²) in [5.41, 5.74) is 6.62. The molecule has 0 fully saturated rings. The lowest BCUT2D eigenvalue weighted by Gasteiger charge is -2.21. The van der Waals surface area contributed by atoms with Crippen LogP contribution < -0.4 is 4.74 Å². The first-order valence-corrected chi connectivity index (χ1v) is 11.9. The Hall–Kier alpha value is -3.41. The van der Waals surface area contributed by atoms with Gasteiger partial charge in [0.2, 0.25) is 5.78 Å². The van der Waals surface area contributed by atoms with Crippen molar-refractivity contribution < 1.29 is 13.9 Å². The average molecular weight is 531 g/mol. The van der Waals surface area contributed by atoms with Gasteiger partial charge >= 0.3 is 0 Å². The van der Waals surface area contributed by atoms with Gasteiger partial charge in [-0.1, -0.05) is 39.2 Å². The summed E-state index contributed by atoms with van der Waals surface area (Å²) in [5, 5.41) is 1.40. The molecule has 166 valence electrons. The van der Waals surface area contributed by atoms with Gasteiger partial charge in [0.25, 0.3) is 0 Å². The number of pyridine rings is 1. The number of benzene rings is 3. The lowest BCUT2D eigenvalue weighted by molar-refractivity contribution is 0.101. The lowest BCUT2D eigenvalue weighted by atomic mass is 9.95. The summed E-state index contributed by atoms with van der Waals surface area (Å²) in [6.45, 7) is 2.46. The molecule has 3 aromatic carbocycles. The molecular formula is C28H17BrClNO3. The molecule has 1 aliphatic rings. The number of aromatic nitrogens is 1. The normalized spacial score (nSPS) is 12.2. The van der Waals surface area contributed by atoms with Gasteiger partial charge in [-0.25, -0.2) is 0 Å². The van der Waals surface area contributed by atoms with E-state index in [1.165, 1.54) is 0 Å². The van der Waals surface area contributed by atoms with Gasteiger partial charge in [-0.05, 0) is 67.6 Å². The van der Waals surface area contributed by atoms with Crippen LogP contribution >= 0.6 is 27.5 Å². The second kappa shape index (κ2) is 8.12. The van der Waals surface area contributed by atoms with E-state index < -0.39 is 0 Å². The van der Waals surface area contributed by atoms with E-state index in [-0.39, 0.29) is 11.5 Å². The monoisotopic (exact) mass is 529 g/mol. The van der Waals surface area contributed by atoms with Crippen molar-refractivity contribution in [2.24, 2.45) is 0 Å². The van der Waals surface area contributed by atoms with Crippen LogP contribution in [0.25, 0.3) is 33.4 Å². The highest BCUT2D eigenvalue weighted by Gasteiger charge is 2.26. The van der Waals surface area contributed by atoms with Crippen molar-refractivity contribution in [3.63, 3.8) is 0 Å². The highest BCUT2D eigenvalue weighted by atomic mass is 79.9. The number of fused-ring (bicyclic) bond motifs is 4. The average Bonchev–Trinajstić information content (AvgIpc) is 3.22. The molecule has 0 atom stereocenters. The van der Waals surface area contributed by atoms with Crippen molar-refractivity contribution in [2.45, 2.75) is 13.5 Å². The van der Waals surface area contributed by atoms with Crippen LogP contribution in [0, 0.1) is 6.92 Å². The van der Waals surface area contributed by atoms with Gasteiger partial charge in [-0.15, -0.1) is 0 Å². The van der Waals surface area contributed by atoms with Gasteiger partial charge in [0.1, 0.15) is 17.9 Å². The molecule has 0 amide bonds. The molecule has 5 aromatic rings. The number of carbonyl (C=O) groups excluding carboxylic acids is 1. The van der Waals surface area contributed by atoms with Crippen LogP contribution in [-0.4, -0.2) is 10.8 Å². The predicted octanol–water partition coefficient (Wildman–Crippen LogP) is 8.01. The number of aryl methyl sites for hydroxylation is 1. The third kappa shape index (κ3) is 3.52. The van der Waals surface area contributed by atoms with Crippen LogP contribution in [0.3, 0.4) is 0 Å². The van der Waals surface area contributed by atoms with E-state index in [4.69, 9.17) is 25.7 Å². The molecule has 0 bridgehead atoms. The zero-order valence-electron chi connectivity index (χ0n) is 18.1. The van der Waals surface area contributed by atoms with Crippen molar-refractivity contribution in [1.29, 1.82) is 0 Å². The molecule has 6 heteroatoms. The first-order chi connectivity index (χ1) is 16.5. The molecule has 1 aliphatic heterocycles. The van der Waals surface area contributed by atoms with E-state index in [0.29, 0.717) is 28.3 Å². The van der Waals surface area contributed by atoms with Crippen LogP contribution in [0.4, 0.5) is 0 Å². The highest BCUT2D eigenvalue weighted by molar-refractivity contribution is 9.10. The molecule has 0 saturated heterocycles. The summed E-state index contributed by atoms with van der Waals surface area (Å²) in [6.07, 6.45) is 1.81. The van der Waals surface area contributed by atoms with Gasteiger partial charge < -0.3 is 9.15 Å². The van der Waals surface area contributed by atoms with Crippen LogP contribution in [0.5, 0.6) is 5.75 Å². The van der Waals surface area contributed by atoms with Crippen molar-refractivity contribution in [3.8, 4) is 28.1 Å². The fourth-order valence-corrected chi connectivity index (χ4v) is 4.85. The Labute approximate surface area is 209 Å². The minimum atomic E-state index is -0.214. The molecule has 0 radical (unpaired) electrons. The van der Waals surface area contributed by atoms with Crippen LogP contribution in [0.15, 0.2) is 81.8 Å². The Kier molecular flexibility index (Phi) is 5.05. The molecule has 0 spiro atoms. The highest BCUT2D eigenvalue weighted by Crippen LogP contribution is 2.41. The zero-order chi connectivity index (χ0) is 23.4. The molecular weight excluding hydrogens is 514 g/mol. The molecule has 6 rings (SSSR count). The fourth-order valence-electron chi connectivity index (χ4n) is 4.36. The van der Waals surface area contributed by atoms with Crippen LogP contribution in [-0.2, 0) is 6.61 Å². The summed E-state index contributed by atoms with van der Waals surface area (Å²) in [7, 11) is 0. The first-order valence-electron chi connectivity index (χ1n) is 10.7. The second-order valence-corrected chi connectivity index (χ2v) is 9.65. The summed E-state index contributed by atoms with van der Waals surface area (Å²) in [5.74, 6) is 0.883. The van der Waals surface area contributed by atoms with Crippen molar-refractivity contribution in [3.05, 3.63) is 105 Å². The number of rotatable bonds is 3. The molecule has 34 heavy (non-hydrogen) atoms. The third-order valence-corrected chi connectivity index (χ3v) is 6.74. The van der Waals surface area contributed by atoms with Gasteiger partial charge in [-0.3, -0.25) is 9.78 Å². The number of halogens is 2. The Morgan fingerprint density at radius 1 is 1.03 bits per heavy atom. The number of nitrogens with zero attached hydrogens (tertiary/aromatic N) is 1. The summed E-state index contributed by atoms with van der Waals surface area (Å²) in [6, 6.07) is 20.6. The van der Waals surface area contributed by atoms with Crippen LogP contribution in [0.2, 0.25) is 5.02 Å². The number of hydrogen-bond donors (Lipinski definition) is 0. The summed E-state index contributed by atoms with van der Waals surface area (Å²) < 4.78 is 13.0. The summed E-state index contributed by atoms with van der Waals surface area (Å²) >= 11 is 9.57. The van der Waals surface area contributed by atoms with E-state index in [9.17, 15) is 4.79 Å². The number of ketones is 1. The third-order valence-electron chi connectivity index (χ3n) is 5.99. The lowest BCUT2D eigenvalue weighted by Crippen LogP contribution is -2.08. The second-order valence-electron chi connectivity index (χ2n) is 8.30. The Balaban J connectivity index is 1.55. The van der Waals surface area contributed by atoms with E-state index >= 15 is 0 Å². The van der Waals surface area contributed by atoms with Gasteiger partial charge in [0.05, 0.1) is 5.69 Å². The van der Waals surface area contributed by atoms with Crippen molar-refractivity contribution in [2.75, 3.05) is 0 Å². The van der Waals surface area contributed by atoms with E-state index in [1.54, 1.807) is 30.5 Å². The van der Waals surface area contributed by atoms with Crippen molar-refractivity contribution >= 4 is 44.3 Å². The molecule has 4 nitrogen and oxygen atoms in total. The Morgan fingerprint density at radius 2 is 1.85 bits per heavy atom. The minimum absolute atomic E-state index is 0.214. The molecule has 0 N–H and O–H groups in total. The van der Waals surface area contributed by atoms with Gasteiger partial charge in [0.15, 0.2) is 5.76 Å². The maximum Gasteiger partial charge on any atom is 0.228 e. The quantitative estimate of drug-likeness (QED) is 0.222. The SMILES string of the molecule is Cc1ccc2c(c1)-c1ncc(-c3c(C(=O)c4ccc(Cl)cc4)oc4ccc(Br)cc34)cc1CO2. The largest absolute Gasteiger partial charge is 0.488 e. The van der Waals surface area contributed by atoms with E-state index in [0.717, 1.165) is 43.6 Å². The van der Waals surface area contributed by atoms with E-state index in [1.807, 2.05) is 43.3 Å². The molecule has 2 aromatic heterocycles. The topological polar surface area (TPSA) is 52.3 Å². The van der Waals surface area contributed by atoms with E-state index in [2.05, 4.69) is 22.0 Å². The number of furan rings is 1. The zero-order valence-corrected chi connectivity index (χ0v) is 20.4. The number of carbonyl (C=O) groups is 1. The fraction of sp³-hybridized carbons (Fsp3) is 0.0714. The predicted molar refractivity (Wildman–Crippen MR) is 137 cm³/mol. The number of ether oxygens (including phenoxy) is 1. The Morgan fingerprint density at radius 3 is 2.68 bits per heavy atom. The molecule has 0 saturated carbocycles. The van der Waals surface area contributed by atoms with Gasteiger partial charge in [-0.2, -0.15) is 0 Å². The van der Waals surface area contributed by atoms with Crippen LogP contribution in [0.1, 0.15) is 27.2 Å². The molecule has 0 unspecified atom stereocenters. The first kappa shape index (κ1) is 21.1.